The Morgan fingerprint density at radius 3 is 2.33 bits per heavy atom. The zero-order chi connectivity index (χ0) is 17.3. The van der Waals surface area contributed by atoms with Crippen LogP contribution in [0.2, 0.25) is 5.02 Å². The fourth-order valence-electron chi connectivity index (χ4n) is 2.58. The van der Waals surface area contributed by atoms with Crippen molar-refractivity contribution in [3.05, 3.63) is 81.2 Å². The Morgan fingerprint density at radius 1 is 1.04 bits per heavy atom. The van der Waals surface area contributed by atoms with E-state index in [2.05, 4.69) is 5.32 Å². The van der Waals surface area contributed by atoms with Crippen LogP contribution in [0.5, 0.6) is 0 Å². The summed E-state index contributed by atoms with van der Waals surface area (Å²) < 4.78 is 3.13. The van der Waals surface area contributed by atoms with Crippen LogP contribution in [0.15, 0.2) is 59.4 Å². The van der Waals surface area contributed by atoms with Crippen molar-refractivity contribution in [1.82, 2.24) is 9.36 Å². The molecule has 0 bridgehead atoms. The van der Waals surface area contributed by atoms with Crippen molar-refractivity contribution in [1.29, 1.82) is 0 Å². The summed E-state index contributed by atoms with van der Waals surface area (Å²) in [5.41, 5.74) is 1.48. The maximum atomic E-state index is 12.8. The first-order valence-corrected chi connectivity index (χ1v) is 7.78. The molecule has 122 valence electrons. The van der Waals surface area contributed by atoms with Crippen LogP contribution >= 0.6 is 11.6 Å². The van der Waals surface area contributed by atoms with E-state index < -0.39 is 5.91 Å². The quantitative estimate of drug-likeness (QED) is 0.794. The molecule has 0 aliphatic rings. The van der Waals surface area contributed by atoms with Gasteiger partial charge in [0.15, 0.2) is 0 Å². The van der Waals surface area contributed by atoms with E-state index in [0.717, 1.165) is 0 Å². The summed E-state index contributed by atoms with van der Waals surface area (Å²) in [7, 11) is 1.75. The van der Waals surface area contributed by atoms with Crippen molar-refractivity contribution < 1.29 is 4.79 Å². The third-order valence-corrected chi connectivity index (χ3v) is 4.23. The largest absolute Gasteiger partial charge is 0.320 e. The van der Waals surface area contributed by atoms with Crippen LogP contribution in [0.3, 0.4) is 0 Å². The molecule has 1 N–H and O–H groups in total. The number of halogens is 1. The van der Waals surface area contributed by atoms with E-state index in [9.17, 15) is 9.59 Å². The van der Waals surface area contributed by atoms with Crippen LogP contribution in [0.25, 0.3) is 5.69 Å². The lowest BCUT2D eigenvalue weighted by Crippen LogP contribution is -2.25. The number of anilines is 1. The normalized spacial score (nSPS) is 10.6. The molecular formula is C18H16ClN3O2. The molecule has 1 heterocycles. The molecule has 1 amide bonds. The predicted molar refractivity (Wildman–Crippen MR) is 95.2 cm³/mol. The van der Waals surface area contributed by atoms with E-state index in [-0.39, 0.29) is 11.1 Å². The Morgan fingerprint density at radius 2 is 1.67 bits per heavy atom. The van der Waals surface area contributed by atoms with Gasteiger partial charge in [-0.25, -0.2) is 4.68 Å². The average molecular weight is 342 g/mol. The second-order valence-electron chi connectivity index (χ2n) is 5.37. The number of hydrogen-bond acceptors (Lipinski definition) is 2. The third kappa shape index (κ3) is 2.74. The monoisotopic (exact) mass is 341 g/mol. The SMILES string of the molecule is Cc1c(C(=O)Nc2ccccc2Cl)c(=O)n(-c2ccccc2)n1C. The summed E-state index contributed by atoms with van der Waals surface area (Å²) in [5.74, 6) is -0.476. The first-order valence-electron chi connectivity index (χ1n) is 7.40. The summed E-state index contributed by atoms with van der Waals surface area (Å²) in [5, 5.41) is 3.12. The van der Waals surface area contributed by atoms with Gasteiger partial charge in [0.05, 0.1) is 22.1 Å². The van der Waals surface area contributed by atoms with Crippen molar-refractivity contribution in [2.24, 2.45) is 7.05 Å². The van der Waals surface area contributed by atoms with Gasteiger partial charge in [0, 0.05) is 7.05 Å². The zero-order valence-corrected chi connectivity index (χ0v) is 14.0. The lowest BCUT2D eigenvalue weighted by atomic mass is 10.2. The Labute approximate surface area is 144 Å². The molecule has 0 atom stereocenters. The minimum absolute atomic E-state index is 0.0984. The molecule has 24 heavy (non-hydrogen) atoms. The number of carbonyl (C=O) groups is 1. The highest BCUT2D eigenvalue weighted by molar-refractivity contribution is 6.33. The predicted octanol–water partition coefficient (Wildman–Crippen LogP) is 3.39. The van der Waals surface area contributed by atoms with E-state index in [0.29, 0.717) is 22.1 Å². The molecule has 0 saturated carbocycles. The minimum Gasteiger partial charge on any atom is -0.320 e. The van der Waals surface area contributed by atoms with Gasteiger partial charge in [0.25, 0.3) is 11.5 Å². The number of nitrogens with zero attached hydrogens (tertiary/aromatic N) is 2. The first-order chi connectivity index (χ1) is 11.5. The standard InChI is InChI=1S/C18H16ClN3O2/c1-12-16(17(23)20-15-11-7-6-10-14(15)19)18(24)22(21(12)2)13-8-4-3-5-9-13/h3-11H,1-2H3,(H,20,23). The van der Waals surface area contributed by atoms with Crippen LogP contribution in [0.1, 0.15) is 16.1 Å². The second-order valence-corrected chi connectivity index (χ2v) is 5.78. The van der Waals surface area contributed by atoms with Gasteiger partial charge >= 0.3 is 0 Å². The fraction of sp³-hybridized carbons (Fsp3) is 0.111. The summed E-state index contributed by atoms with van der Waals surface area (Å²) in [4.78, 5) is 25.4. The Bertz CT molecular complexity index is 958. The van der Waals surface area contributed by atoms with Crippen LogP contribution in [-0.4, -0.2) is 15.3 Å². The average Bonchev–Trinajstić information content (AvgIpc) is 2.80. The molecular weight excluding hydrogens is 326 g/mol. The molecule has 2 aromatic carbocycles. The molecule has 3 rings (SSSR count). The van der Waals surface area contributed by atoms with Gasteiger partial charge in [0.1, 0.15) is 5.56 Å². The molecule has 0 spiro atoms. The van der Waals surface area contributed by atoms with Gasteiger partial charge in [-0.1, -0.05) is 41.9 Å². The summed E-state index contributed by atoms with van der Waals surface area (Å²) in [6.45, 7) is 1.74. The highest BCUT2D eigenvalue weighted by atomic mass is 35.5. The number of para-hydroxylation sites is 2. The lowest BCUT2D eigenvalue weighted by Gasteiger charge is -2.07. The van der Waals surface area contributed by atoms with Crippen molar-refractivity contribution >= 4 is 23.2 Å². The van der Waals surface area contributed by atoms with Gasteiger partial charge in [0.2, 0.25) is 0 Å². The molecule has 3 aromatic rings. The van der Waals surface area contributed by atoms with Crippen molar-refractivity contribution in [2.45, 2.75) is 6.92 Å². The van der Waals surface area contributed by atoms with E-state index in [1.54, 1.807) is 42.9 Å². The van der Waals surface area contributed by atoms with Crippen molar-refractivity contribution in [2.75, 3.05) is 5.32 Å². The molecule has 6 heteroatoms. The van der Waals surface area contributed by atoms with Crippen LogP contribution in [0, 0.1) is 6.92 Å². The highest BCUT2D eigenvalue weighted by Crippen LogP contribution is 2.21. The number of nitrogens with one attached hydrogen (secondary N) is 1. The number of carbonyl (C=O) groups excluding carboxylic acids is 1. The number of rotatable bonds is 3. The lowest BCUT2D eigenvalue weighted by molar-refractivity contribution is 0.102. The van der Waals surface area contributed by atoms with Gasteiger partial charge in [-0.05, 0) is 31.2 Å². The van der Waals surface area contributed by atoms with Gasteiger partial charge in [-0.3, -0.25) is 14.3 Å². The van der Waals surface area contributed by atoms with Gasteiger partial charge in [-0.2, -0.15) is 0 Å². The number of aromatic nitrogens is 2. The van der Waals surface area contributed by atoms with Crippen LogP contribution in [0.4, 0.5) is 5.69 Å². The van der Waals surface area contributed by atoms with E-state index >= 15 is 0 Å². The number of hydrogen-bond donors (Lipinski definition) is 1. The molecule has 1 aromatic heterocycles. The van der Waals surface area contributed by atoms with Crippen molar-refractivity contribution in [3.8, 4) is 5.69 Å². The molecule has 5 nitrogen and oxygen atoms in total. The zero-order valence-electron chi connectivity index (χ0n) is 13.3. The topological polar surface area (TPSA) is 56.0 Å². The Balaban J connectivity index is 2.05. The summed E-state index contributed by atoms with van der Waals surface area (Å²) in [6.07, 6.45) is 0. The summed E-state index contributed by atoms with van der Waals surface area (Å²) in [6, 6.07) is 16.1. The Hall–Kier alpha value is -2.79. The fourth-order valence-corrected chi connectivity index (χ4v) is 2.76. The minimum atomic E-state index is -0.476. The van der Waals surface area contributed by atoms with Gasteiger partial charge in [-0.15, -0.1) is 0 Å². The number of benzene rings is 2. The molecule has 0 saturated heterocycles. The van der Waals surface area contributed by atoms with E-state index in [1.807, 2.05) is 30.3 Å². The second kappa shape index (κ2) is 6.37. The van der Waals surface area contributed by atoms with E-state index in [1.165, 1.54) is 4.68 Å². The third-order valence-electron chi connectivity index (χ3n) is 3.90. The maximum absolute atomic E-state index is 12.8. The molecule has 0 fully saturated rings. The van der Waals surface area contributed by atoms with Crippen LogP contribution < -0.4 is 10.9 Å². The van der Waals surface area contributed by atoms with Crippen LogP contribution in [-0.2, 0) is 7.05 Å². The maximum Gasteiger partial charge on any atom is 0.284 e. The van der Waals surface area contributed by atoms with Gasteiger partial charge < -0.3 is 5.32 Å². The molecule has 0 aliphatic heterocycles. The van der Waals surface area contributed by atoms with E-state index in [4.69, 9.17) is 11.6 Å². The smallest absolute Gasteiger partial charge is 0.284 e. The molecule has 0 radical (unpaired) electrons. The molecule has 0 aliphatic carbocycles. The molecule has 0 unspecified atom stereocenters. The number of amides is 1. The first kappa shape index (κ1) is 16.1. The van der Waals surface area contributed by atoms with Crippen molar-refractivity contribution in [3.63, 3.8) is 0 Å². The summed E-state index contributed by atoms with van der Waals surface area (Å²) >= 11 is 6.06. The Kier molecular flexibility index (Phi) is 4.27. The highest BCUT2D eigenvalue weighted by Gasteiger charge is 2.22.